The van der Waals surface area contributed by atoms with Crippen molar-refractivity contribution in [3.63, 3.8) is 0 Å². The predicted molar refractivity (Wildman–Crippen MR) is 59.7 cm³/mol. The zero-order valence-electron chi connectivity index (χ0n) is 10.3. The van der Waals surface area contributed by atoms with Gasteiger partial charge in [0.25, 0.3) is 0 Å². The zero-order chi connectivity index (χ0) is 13.1. The third kappa shape index (κ3) is 4.03. The minimum absolute atomic E-state index is 0.0971. The van der Waals surface area contributed by atoms with E-state index in [-0.39, 0.29) is 6.04 Å². The van der Waals surface area contributed by atoms with Gasteiger partial charge in [-0.15, -0.1) is 0 Å². The summed E-state index contributed by atoms with van der Waals surface area (Å²) in [5, 5.41) is 6.77. The molecule has 2 unspecified atom stereocenters. The highest BCUT2D eigenvalue weighted by atomic mass is 19.4. The van der Waals surface area contributed by atoms with Crippen molar-refractivity contribution in [3.8, 4) is 0 Å². The molecule has 1 aromatic heterocycles. The molecule has 1 rings (SSSR count). The maximum Gasteiger partial charge on any atom is 0.435 e. The number of hydrogen-bond acceptors (Lipinski definition) is 2. The van der Waals surface area contributed by atoms with Crippen molar-refractivity contribution in [2.45, 2.75) is 45.5 Å². The molecule has 17 heavy (non-hydrogen) atoms. The SMILES string of the molecule is CCC(C)NCC(C)n1ccc(C(F)(F)F)n1. The van der Waals surface area contributed by atoms with Crippen LogP contribution < -0.4 is 5.32 Å². The molecule has 0 spiro atoms. The van der Waals surface area contributed by atoms with Crippen LogP contribution in [0.1, 0.15) is 38.9 Å². The van der Waals surface area contributed by atoms with E-state index in [1.54, 1.807) is 0 Å². The molecule has 0 aliphatic heterocycles. The number of nitrogens with zero attached hydrogens (tertiary/aromatic N) is 2. The number of hydrogen-bond donors (Lipinski definition) is 1. The van der Waals surface area contributed by atoms with E-state index in [9.17, 15) is 13.2 Å². The van der Waals surface area contributed by atoms with Crippen molar-refractivity contribution >= 4 is 0 Å². The molecule has 2 atom stereocenters. The Hall–Kier alpha value is -1.04. The van der Waals surface area contributed by atoms with Crippen LogP contribution in [0.4, 0.5) is 13.2 Å². The molecule has 0 radical (unpaired) electrons. The van der Waals surface area contributed by atoms with Gasteiger partial charge in [-0.3, -0.25) is 4.68 Å². The van der Waals surface area contributed by atoms with E-state index in [1.807, 2.05) is 13.8 Å². The molecule has 1 aromatic rings. The highest BCUT2D eigenvalue weighted by molar-refractivity contribution is 5.03. The van der Waals surface area contributed by atoms with Gasteiger partial charge in [-0.25, -0.2) is 0 Å². The molecule has 1 heterocycles. The first-order valence-corrected chi connectivity index (χ1v) is 5.70. The summed E-state index contributed by atoms with van der Waals surface area (Å²) in [5.74, 6) is 0. The van der Waals surface area contributed by atoms with Crippen LogP contribution in [0.2, 0.25) is 0 Å². The lowest BCUT2D eigenvalue weighted by Gasteiger charge is -2.17. The summed E-state index contributed by atoms with van der Waals surface area (Å²) in [6.45, 7) is 6.53. The second kappa shape index (κ2) is 5.53. The molecule has 98 valence electrons. The van der Waals surface area contributed by atoms with Crippen LogP contribution >= 0.6 is 0 Å². The van der Waals surface area contributed by atoms with Gasteiger partial charge in [-0.2, -0.15) is 18.3 Å². The number of halogens is 3. The summed E-state index contributed by atoms with van der Waals surface area (Å²) >= 11 is 0. The summed E-state index contributed by atoms with van der Waals surface area (Å²) in [5.41, 5.74) is -0.840. The average molecular weight is 249 g/mol. The van der Waals surface area contributed by atoms with Crippen LogP contribution in [-0.4, -0.2) is 22.4 Å². The Bertz CT molecular complexity index is 346. The summed E-state index contributed by atoms with van der Waals surface area (Å²) in [4.78, 5) is 0. The molecule has 0 aliphatic rings. The second-order valence-corrected chi connectivity index (χ2v) is 4.25. The summed E-state index contributed by atoms with van der Waals surface area (Å²) in [6, 6.07) is 1.26. The Labute approximate surface area is 99.0 Å². The van der Waals surface area contributed by atoms with Crippen molar-refractivity contribution < 1.29 is 13.2 Å². The largest absolute Gasteiger partial charge is 0.435 e. The quantitative estimate of drug-likeness (QED) is 0.869. The van der Waals surface area contributed by atoms with Crippen LogP contribution in [0.25, 0.3) is 0 Å². The van der Waals surface area contributed by atoms with Gasteiger partial charge in [-0.05, 0) is 26.3 Å². The van der Waals surface area contributed by atoms with Crippen LogP contribution in [0, 0.1) is 0 Å². The maximum atomic E-state index is 12.3. The van der Waals surface area contributed by atoms with Crippen molar-refractivity contribution in [1.82, 2.24) is 15.1 Å². The first-order chi connectivity index (χ1) is 7.84. The van der Waals surface area contributed by atoms with Gasteiger partial charge in [-0.1, -0.05) is 6.92 Å². The standard InChI is InChI=1S/C11H18F3N3/c1-4-8(2)15-7-9(3)17-6-5-10(16-17)11(12,13)14/h5-6,8-9,15H,4,7H2,1-3H3. The molecule has 0 aromatic carbocycles. The van der Waals surface area contributed by atoms with Gasteiger partial charge in [0.1, 0.15) is 0 Å². The van der Waals surface area contributed by atoms with Gasteiger partial charge in [0.05, 0.1) is 6.04 Å². The number of aromatic nitrogens is 2. The lowest BCUT2D eigenvalue weighted by atomic mass is 10.2. The monoisotopic (exact) mass is 249 g/mol. The van der Waals surface area contributed by atoms with E-state index in [0.29, 0.717) is 12.6 Å². The Kier molecular flexibility index (Phi) is 4.56. The molecule has 6 heteroatoms. The molecule has 0 fully saturated rings. The third-order valence-corrected chi connectivity index (χ3v) is 2.72. The zero-order valence-corrected chi connectivity index (χ0v) is 10.3. The molecule has 1 N–H and O–H groups in total. The Morgan fingerprint density at radius 2 is 2.06 bits per heavy atom. The summed E-state index contributed by atoms with van der Waals surface area (Å²) in [6.07, 6.45) is -2.01. The van der Waals surface area contributed by atoms with Crippen LogP contribution in [0.5, 0.6) is 0 Å². The van der Waals surface area contributed by atoms with Gasteiger partial charge in [0.2, 0.25) is 0 Å². The normalized spacial score (nSPS) is 15.9. The molecule has 0 aliphatic carbocycles. The smallest absolute Gasteiger partial charge is 0.312 e. The highest BCUT2D eigenvalue weighted by Crippen LogP contribution is 2.27. The van der Waals surface area contributed by atoms with E-state index in [4.69, 9.17) is 0 Å². The molecule has 0 amide bonds. The van der Waals surface area contributed by atoms with Gasteiger partial charge in [0.15, 0.2) is 5.69 Å². The fourth-order valence-corrected chi connectivity index (χ4v) is 1.34. The number of nitrogens with one attached hydrogen (secondary N) is 1. The van der Waals surface area contributed by atoms with E-state index in [0.717, 1.165) is 12.5 Å². The van der Waals surface area contributed by atoms with Crippen LogP contribution in [0.3, 0.4) is 0 Å². The number of alkyl halides is 3. The summed E-state index contributed by atoms with van der Waals surface area (Å²) < 4.78 is 38.4. The minimum atomic E-state index is -4.37. The summed E-state index contributed by atoms with van der Waals surface area (Å²) in [7, 11) is 0. The predicted octanol–water partition coefficient (Wildman–Crippen LogP) is 2.85. The Balaban J connectivity index is 2.58. The minimum Gasteiger partial charge on any atom is -0.312 e. The topological polar surface area (TPSA) is 29.9 Å². The van der Waals surface area contributed by atoms with Gasteiger partial charge >= 0.3 is 6.18 Å². The van der Waals surface area contributed by atoms with Gasteiger partial charge in [0, 0.05) is 18.8 Å². The molecule has 0 saturated carbocycles. The van der Waals surface area contributed by atoms with Gasteiger partial charge < -0.3 is 5.32 Å². The molecule has 0 saturated heterocycles. The molecule has 0 bridgehead atoms. The molecular weight excluding hydrogens is 231 g/mol. The maximum absolute atomic E-state index is 12.3. The van der Waals surface area contributed by atoms with E-state index in [1.165, 1.54) is 10.9 Å². The Morgan fingerprint density at radius 3 is 2.53 bits per heavy atom. The second-order valence-electron chi connectivity index (χ2n) is 4.25. The van der Waals surface area contributed by atoms with Crippen LogP contribution in [0.15, 0.2) is 12.3 Å². The third-order valence-electron chi connectivity index (χ3n) is 2.72. The molecular formula is C11H18F3N3. The highest BCUT2D eigenvalue weighted by Gasteiger charge is 2.33. The average Bonchev–Trinajstić information content (AvgIpc) is 2.74. The van der Waals surface area contributed by atoms with Crippen molar-refractivity contribution in [2.75, 3.05) is 6.54 Å². The fraction of sp³-hybridized carbons (Fsp3) is 0.727. The van der Waals surface area contributed by atoms with E-state index in [2.05, 4.69) is 17.3 Å². The van der Waals surface area contributed by atoms with E-state index >= 15 is 0 Å². The van der Waals surface area contributed by atoms with Crippen molar-refractivity contribution in [1.29, 1.82) is 0 Å². The number of rotatable bonds is 5. The first kappa shape index (κ1) is 14.0. The molecule has 3 nitrogen and oxygen atoms in total. The van der Waals surface area contributed by atoms with E-state index < -0.39 is 11.9 Å². The van der Waals surface area contributed by atoms with Crippen LogP contribution in [-0.2, 0) is 6.18 Å². The fourth-order valence-electron chi connectivity index (χ4n) is 1.34. The lowest BCUT2D eigenvalue weighted by molar-refractivity contribution is -0.141. The van der Waals surface area contributed by atoms with Crippen molar-refractivity contribution in [2.24, 2.45) is 0 Å². The first-order valence-electron chi connectivity index (χ1n) is 5.70. The van der Waals surface area contributed by atoms with Crippen molar-refractivity contribution in [3.05, 3.63) is 18.0 Å². The lowest BCUT2D eigenvalue weighted by Crippen LogP contribution is -2.31. The Morgan fingerprint density at radius 1 is 1.41 bits per heavy atom.